The average Bonchev–Trinajstić information content (AvgIpc) is 2.18. The van der Waals surface area contributed by atoms with Crippen LogP contribution in [0.5, 0.6) is 0 Å². The molecule has 1 aliphatic rings. The first-order chi connectivity index (χ1) is 6.25. The van der Waals surface area contributed by atoms with Gasteiger partial charge in [0, 0.05) is 26.1 Å². The van der Waals surface area contributed by atoms with Gasteiger partial charge in [0.2, 0.25) is 5.78 Å². The highest BCUT2D eigenvalue weighted by molar-refractivity contribution is 6.39. The Kier molecular flexibility index (Phi) is 4.05. The van der Waals surface area contributed by atoms with Crippen LogP contribution in [-0.2, 0) is 9.59 Å². The van der Waals surface area contributed by atoms with Crippen molar-refractivity contribution in [2.24, 2.45) is 0 Å². The van der Waals surface area contributed by atoms with Crippen LogP contribution in [0.1, 0.15) is 19.8 Å². The normalized spacial score (nSPS) is 22.7. The fraction of sp³-hybridized carbons (Fsp3) is 0.778. The van der Waals surface area contributed by atoms with Crippen LogP contribution in [0.3, 0.4) is 0 Å². The largest absolute Gasteiger partial charge is 0.313 e. The number of Topliss-reactive ketones (excluding diaryl/α,β-unsaturated/α-hetero) is 2. The maximum atomic E-state index is 11.4. The van der Waals surface area contributed by atoms with Gasteiger partial charge in [0.25, 0.3) is 0 Å². The Morgan fingerprint density at radius 1 is 1.38 bits per heavy atom. The molecule has 0 bridgehead atoms. The highest BCUT2D eigenvalue weighted by atomic mass is 16.2. The number of hydrogen-bond donors (Lipinski definition) is 2. The minimum absolute atomic E-state index is 0.247. The molecule has 0 spiro atoms. The van der Waals surface area contributed by atoms with Gasteiger partial charge in [-0.05, 0) is 6.42 Å². The number of rotatable bonds is 4. The molecule has 1 aliphatic heterocycles. The molecule has 0 aromatic rings. The Morgan fingerprint density at radius 3 is 2.69 bits per heavy atom. The van der Waals surface area contributed by atoms with Gasteiger partial charge in [0.1, 0.15) is 0 Å². The topological polar surface area (TPSA) is 58.2 Å². The number of hydrogen-bond acceptors (Lipinski definition) is 4. The Hall–Kier alpha value is -0.740. The second-order valence-electron chi connectivity index (χ2n) is 3.25. The summed E-state index contributed by atoms with van der Waals surface area (Å²) < 4.78 is 0. The summed E-state index contributed by atoms with van der Waals surface area (Å²) in [6, 6.07) is -0.298. The first kappa shape index (κ1) is 10.3. The maximum absolute atomic E-state index is 11.4. The standard InChI is InChI=1S/C9H16N2O2/c1-2-3-8(12)9(13)7-6-10-4-5-11-7/h7,10-11H,2-6H2,1H3. The zero-order chi connectivity index (χ0) is 9.68. The van der Waals surface area contributed by atoms with E-state index in [1.54, 1.807) is 0 Å². The molecule has 0 saturated carbocycles. The Labute approximate surface area is 78.1 Å². The van der Waals surface area contributed by atoms with Crippen molar-refractivity contribution in [3.05, 3.63) is 0 Å². The quantitative estimate of drug-likeness (QED) is 0.578. The maximum Gasteiger partial charge on any atom is 0.216 e. The van der Waals surface area contributed by atoms with Gasteiger partial charge in [-0.1, -0.05) is 6.92 Å². The summed E-state index contributed by atoms with van der Waals surface area (Å²) in [4.78, 5) is 22.7. The number of piperazine rings is 1. The van der Waals surface area contributed by atoms with Gasteiger partial charge >= 0.3 is 0 Å². The van der Waals surface area contributed by atoms with E-state index < -0.39 is 0 Å². The van der Waals surface area contributed by atoms with Crippen LogP contribution in [0.2, 0.25) is 0 Å². The molecule has 0 aromatic carbocycles. The lowest BCUT2D eigenvalue weighted by molar-refractivity contribution is -0.137. The number of carbonyl (C=O) groups is 2. The molecular formula is C9H16N2O2. The predicted molar refractivity (Wildman–Crippen MR) is 49.6 cm³/mol. The lowest BCUT2D eigenvalue weighted by Crippen LogP contribution is -2.54. The third-order valence-corrected chi connectivity index (χ3v) is 2.11. The molecule has 0 aromatic heterocycles. The highest BCUT2D eigenvalue weighted by Gasteiger charge is 2.25. The molecule has 1 rings (SSSR count). The van der Waals surface area contributed by atoms with Gasteiger partial charge in [-0.15, -0.1) is 0 Å². The van der Waals surface area contributed by atoms with E-state index >= 15 is 0 Å². The van der Waals surface area contributed by atoms with Crippen molar-refractivity contribution in [1.82, 2.24) is 10.6 Å². The molecule has 0 radical (unpaired) electrons. The first-order valence-corrected chi connectivity index (χ1v) is 4.77. The summed E-state index contributed by atoms with van der Waals surface area (Å²) in [6.07, 6.45) is 1.11. The molecule has 1 heterocycles. The van der Waals surface area contributed by atoms with Crippen LogP contribution in [0, 0.1) is 0 Å². The molecule has 13 heavy (non-hydrogen) atoms. The van der Waals surface area contributed by atoms with Crippen LogP contribution < -0.4 is 10.6 Å². The molecular weight excluding hydrogens is 168 g/mol. The van der Waals surface area contributed by atoms with Crippen LogP contribution in [0.4, 0.5) is 0 Å². The lowest BCUT2D eigenvalue weighted by atomic mass is 10.0. The van der Waals surface area contributed by atoms with Gasteiger partial charge < -0.3 is 10.6 Å². The molecule has 0 aliphatic carbocycles. The predicted octanol–water partition coefficient (Wildman–Crippen LogP) is -0.514. The van der Waals surface area contributed by atoms with Crippen LogP contribution in [0.15, 0.2) is 0 Å². The fourth-order valence-corrected chi connectivity index (χ4v) is 1.38. The molecule has 4 nitrogen and oxygen atoms in total. The van der Waals surface area contributed by atoms with Crippen molar-refractivity contribution in [3.8, 4) is 0 Å². The van der Waals surface area contributed by atoms with E-state index in [9.17, 15) is 9.59 Å². The molecule has 2 N–H and O–H groups in total. The number of ketones is 2. The van der Waals surface area contributed by atoms with E-state index in [-0.39, 0.29) is 17.6 Å². The third-order valence-electron chi connectivity index (χ3n) is 2.11. The molecule has 74 valence electrons. The summed E-state index contributed by atoms with van der Waals surface area (Å²) in [7, 11) is 0. The minimum Gasteiger partial charge on any atom is -0.313 e. The minimum atomic E-state index is -0.298. The van der Waals surface area contributed by atoms with E-state index in [0.29, 0.717) is 13.0 Å². The second-order valence-corrected chi connectivity index (χ2v) is 3.25. The van der Waals surface area contributed by atoms with Gasteiger partial charge in [-0.2, -0.15) is 0 Å². The van der Waals surface area contributed by atoms with Gasteiger partial charge in [0.05, 0.1) is 6.04 Å². The lowest BCUT2D eigenvalue weighted by Gasteiger charge is -2.22. The molecule has 0 amide bonds. The van der Waals surface area contributed by atoms with Crippen molar-refractivity contribution in [1.29, 1.82) is 0 Å². The van der Waals surface area contributed by atoms with Crippen molar-refractivity contribution >= 4 is 11.6 Å². The Bertz CT molecular complexity index is 198. The Balaban J connectivity index is 2.40. The highest BCUT2D eigenvalue weighted by Crippen LogP contribution is 1.96. The molecule has 1 fully saturated rings. The summed E-state index contributed by atoms with van der Waals surface area (Å²) in [5.41, 5.74) is 0. The first-order valence-electron chi connectivity index (χ1n) is 4.77. The van der Waals surface area contributed by atoms with Gasteiger partial charge in [0.15, 0.2) is 5.78 Å². The fourth-order valence-electron chi connectivity index (χ4n) is 1.38. The van der Waals surface area contributed by atoms with E-state index in [1.807, 2.05) is 6.92 Å². The van der Waals surface area contributed by atoms with Crippen molar-refractivity contribution in [2.45, 2.75) is 25.8 Å². The van der Waals surface area contributed by atoms with E-state index in [1.165, 1.54) is 0 Å². The summed E-state index contributed by atoms with van der Waals surface area (Å²) >= 11 is 0. The zero-order valence-corrected chi connectivity index (χ0v) is 7.93. The monoisotopic (exact) mass is 184 g/mol. The third kappa shape index (κ3) is 2.90. The van der Waals surface area contributed by atoms with Crippen molar-refractivity contribution < 1.29 is 9.59 Å². The van der Waals surface area contributed by atoms with Crippen LogP contribution in [-0.4, -0.2) is 37.2 Å². The average molecular weight is 184 g/mol. The second kappa shape index (κ2) is 5.09. The van der Waals surface area contributed by atoms with Crippen LogP contribution in [0.25, 0.3) is 0 Å². The summed E-state index contributed by atoms with van der Waals surface area (Å²) in [6.45, 7) is 4.10. The summed E-state index contributed by atoms with van der Waals surface area (Å²) in [5.74, 6) is -0.516. The molecule has 1 atom stereocenters. The number of nitrogens with one attached hydrogen (secondary N) is 2. The van der Waals surface area contributed by atoms with E-state index in [4.69, 9.17) is 0 Å². The smallest absolute Gasteiger partial charge is 0.216 e. The van der Waals surface area contributed by atoms with Crippen LogP contribution >= 0.6 is 0 Å². The van der Waals surface area contributed by atoms with Crippen molar-refractivity contribution in [3.63, 3.8) is 0 Å². The van der Waals surface area contributed by atoms with E-state index in [0.717, 1.165) is 19.5 Å². The van der Waals surface area contributed by atoms with Gasteiger partial charge in [-0.25, -0.2) is 0 Å². The molecule has 1 unspecified atom stereocenters. The summed E-state index contributed by atoms with van der Waals surface area (Å²) in [5, 5.41) is 6.10. The Morgan fingerprint density at radius 2 is 2.15 bits per heavy atom. The zero-order valence-electron chi connectivity index (χ0n) is 7.93. The van der Waals surface area contributed by atoms with E-state index in [2.05, 4.69) is 10.6 Å². The molecule has 4 heteroatoms. The number of carbonyl (C=O) groups excluding carboxylic acids is 2. The SMILES string of the molecule is CCCC(=O)C(=O)C1CNCCN1. The molecule has 1 saturated heterocycles. The van der Waals surface area contributed by atoms with Gasteiger partial charge in [-0.3, -0.25) is 9.59 Å². The van der Waals surface area contributed by atoms with Crippen molar-refractivity contribution in [2.75, 3.05) is 19.6 Å².